The van der Waals surface area contributed by atoms with Crippen LogP contribution in [-0.2, 0) is 0 Å². The lowest BCUT2D eigenvalue weighted by molar-refractivity contribution is 0.781. The molecule has 78 valence electrons. The second kappa shape index (κ2) is 3.68. The van der Waals surface area contributed by atoms with Crippen LogP contribution >= 0.6 is 0 Å². The molecule has 0 aromatic carbocycles. The summed E-state index contributed by atoms with van der Waals surface area (Å²) in [7, 11) is 0. The number of nitrogens with one attached hydrogen (secondary N) is 1. The summed E-state index contributed by atoms with van der Waals surface area (Å²) in [5, 5.41) is 7.02. The van der Waals surface area contributed by atoms with Crippen molar-refractivity contribution in [2.24, 2.45) is 0 Å². The van der Waals surface area contributed by atoms with Gasteiger partial charge in [-0.1, -0.05) is 13.8 Å². The first-order chi connectivity index (χ1) is 7.18. The van der Waals surface area contributed by atoms with Gasteiger partial charge in [0.05, 0.1) is 11.9 Å². The van der Waals surface area contributed by atoms with Crippen molar-refractivity contribution in [1.82, 2.24) is 20.2 Å². The largest absolute Gasteiger partial charge is 0.397 e. The molecule has 0 aliphatic rings. The minimum Gasteiger partial charge on any atom is -0.397 e. The first-order valence-corrected chi connectivity index (χ1v) is 4.80. The summed E-state index contributed by atoms with van der Waals surface area (Å²) in [6.07, 6.45) is 3.28. The Morgan fingerprint density at radius 3 is 2.80 bits per heavy atom. The fourth-order valence-corrected chi connectivity index (χ4v) is 1.26. The number of nitrogen functional groups attached to an aromatic ring is 1. The van der Waals surface area contributed by atoms with E-state index in [-0.39, 0.29) is 0 Å². The third kappa shape index (κ3) is 1.81. The predicted octanol–water partition coefficient (Wildman–Crippen LogP) is 1.57. The number of nitrogens with zero attached hydrogens (tertiary/aromatic N) is 3. The van der Waals surface area contributed by atoms with Gasteiger partial charge in [0.1, 0.15) is 5.82 Å². The standard InChI is InChI=1S/C10H13N5/c1-6(2)9-13-10(15-14-9)7-3-4-12-5-8(7)11/h3-6H,11H2,1-2H3,(H,13,14,15). The predicted molar refractivity (Wildman–Crippen MR) is 58.1 cm³/mol. The molecule has 0 amide bonds. The zero-order valence-corrected chi connectivity index (χ0v) is 8.73. The first kappa shape index (κ1) is 9.64. The number of rotatable bonds is 2. The smallest absolute Gasteiger partial charge is 0.183 e. The highest BCUT2D eigenvalue weighted by Gasteiger charge is 2.10. The Kier molecular flexibility index (Phi) is 2.37. The highest BCUT2D eigenvalue weighted by atomic mass is 15.2. The maximum atomic E-state index is 5.78. The minimum atomic E-state index is 0.328. The number of hydrogen-bond donors (Lipinski definition) is 2. The Balaban J connectivity index is 2.42. The van der Waals surface area contributed by atoms with Crippen LogP contribution in [0.1, 0.15) is 25.6 Å². The molecule has 0 spiro atoms. The van der Waals surface area contributed by atoms with E-state index in [1.54, 1.807) is 12.4 Å². The summed E-state index contributed by atoms with van der Waals surface area (Å²) in [6.45, 7) is 4.11. The van der Waals surface area contributed by atoms with Gasteiger partial charge in [-0.2, -0.15) is 5.10 Å². The second-order valence-electron chi connectivity index (χ2n) is 3.66. The van der Waals surface area contributed by atoms with Crippen molar-refractivity contribution in [1.29, 1.82) is 0 Å². The highest BCUT2D eigenvalue weighted by molar-refractivity contribution is 5.69. The molecule has 0 atom stereocenters. The number of pyridine rings is 1. The van der Waals surface area contributed by atoms with Crippen molar-refractivity contribution in [3.05, 3.63) is 24.3 Å². The normalized spacial score (nSPS) is 10.9. The van der Waals surface area contributed by atoms with Crippen LogP contribution in [0.5, 0.6) is 0 Å². The van der Waals surface area contributed by atoms with E-state index in [1.807, 2.05) is 6.07 Å². The maximum absolute atomic E-state index is 5.78. The highest BCUT2D eigenvalue weighted by Crippen LogP contribution is 2.21. The summed E-state index contributed by atoms with van der Waals surface area (Å²) >= 11 is 0. The molecule has 0 aliphatic heterocycles. The van der Waals surface area contributed by atoms with Crippen LogP contribution in [0.2, 0.25) is 0 Å². The number of aromatic amines is 1. The SMILES string of the molecule is CC(C)c1nc(-c2ccncc2N)n[nH]1. The van der Waals surface area contributed by atoms with Crippen molar-refractivity contribution in [3.8, 4) is 11.4 Å². The van der Waals surface area contributed by atoms with Gasteiger partial charge in [-0.05, 0) is 6.07 Å². The lowest BCUT2D eigenvalue weighted by Gasteiger charge is -1.98. The van der Waals surface area contributed by atoms with Gasteiger partial charge in [0, 0.05) is 17.7 Å². The van der Waals surface area contributed by atoms with Gasteiger partial charge in [0.2, 0.25) is 0 Å². The van der Waals surface area contributed by atoms with Crippen LogP contribution in [-0.4, -0.2) is 20.2 Å². The molecular formula is C10H13N5. The molecule has 2 aromatic rings. The zero-order chi connectivity index (χ0) is 10.8. The molecule has 15 heavy (non-hydrogen) atoms. The molecule has 5 nitrogen and oxygen atoms in total. The molecule has 0 fully saturated rings. The number of anilines is 1. The molecule has 2 heterocycles. The van der Waals surface area contributed by atoms with E-state index in [0.29, 0.717) is 17.4 Å². The van der Waals surface area contributed by atoms with Crippen LogP contribution in [0.15, 0.2) is 18.5 Å². The van der Waals surface area contributed by atoms with Crippen molar-refractivity contribution in [3.63, 3.8) is 0 Å². The Labute approximate surface area is 87.8 Å². The molecular weight excluding hydrogens is 190 g/mol. The molecule has 5 heteroatoms. The van der Waals surface area contributed by atoms with E-state index in [1.165, 1.54) is 0 Å². The van der Waals surface area contributed by atoms with Gasteiger partial charge in [-0.15, -0.1) is 0 Å². The fraction of sp³-hybridized carbons (Fsp3) is 0.300. The summed E-state index contributed by atoms with van der Waals surface area (Å²) < 4.78 is 0. The van der Waals surface area contributed by atoms with Crippen LogP contribution in [0, 0.1) is 0 Å². The molecule has 3 N–H and O–H groups in total. The Morgan fingerprint density at radius 1 is 1.40 bits per heavy atom. The zero-order valence-electron chi connectivity index (χ0n) is 8.73. The van der Waals surface area contributed by atoms with Gasteiger partial charge >= 0.3 is 0 Å². The first-order valence-electron chi connectivity index (χ1n) is 4.80. The molecule has 2 rings (SSSR count). The summed E-state index contributed by atoms with van der Waals surface area (Å²) in [6, 6.07) is 1.81. The molecule has 0 saturated carbocycles. The topological polar surface area (TPSA) is 80.5 Å². The monoisotopic (exact) mass is 203 g/mol. The second-order valence-corrected chi connectivity index (χ2v) is 3.66. The number of nitrogens with two attached hydrogens (primary N) is 1. The van der Waals surface area contributed by atoms with Gasteiger partial charge in [0.15, 0.2) is 5.82 Å². The van der Waals surface area contributed by atoms with E-state index in [9.17, 15) is 0 Å². The van der Waals surface area contributed by atoms with Crippen molar-refractivity contribution < 1.29 is 0 Å². The molecule has 0 aliphatic carbocycles. The number of aromatic nitrogens is 4. The van der Waals surface area contributed by atoms with Crippen LogP contribution < -0.4 is 5.73 Å². The minimum absolute atomic E-state index is 0.328. The van der Waals surface area contributed by atoms with Crippen molar-refractivity contribution in [2.45, 2.75) is 19.8 Å². The van der Waals surface area contributed by atoms with E-state index in [4.69, 9.17) is 5.73 Å². The fourth-order valence-electron chi connectivity index (χ4n) is 1.26. The summed E-state index contributed by atoms with van der Waals surface area (Å²) in [4.78, 5) is 8.29. The molecule has 2 aromatic heterocycles. The van der Waals surface area contributed by atoms with Crippen molar-refractivity contribution >= 4 is 5.69 Å². The van der Waals surface area contributed by atoms with Gasteiger partial charge in [-0.25, -0.2) is 4.98 Å². The Hall–Kier alpha value is -1.91. The maximum Gasteiger partial charge on any atom is 0.183 e. The Bertz CT molecular complexity index is 460. The average molecular weight is 203 g/mol. The van der Waals surface area contributed by atoms with Crippen LogP contribution in [0.4, 0.5) is 5.69 Å². The average Bonchev–Trinajstić information content (AvgIpc) is 2.67. The van der Waals surface area contributed by atoms with E-state index in [0.717, 1.165) is 11.4 Å². The summed E-state index contributed by atoms with van der Waals surface area (Å²) in [5.74, 6) is 1.81. The third-order valence-electron chi connectivity index (χ3n) is 2.14. The molecule has 0 unspecified atom stereocenters. The number of H-pyrrole nitrogens is 1. The number of hydrogen-bond acceptors (Lipinski definition) is 4. The lowest BCUT2D eigenvalue weighted by atomic mass is 10.2. The third-order valence-corrected chi connectivity index (χ3v) is 2.14. The molecule has 0 bridgehead atoms. The Morgan fingerprint density at radius 2 is 2.20 bits per heavy atom. The van der Waals surface area contributed by atoms with E-state index < -0.39 is 0 Å². The molecule has 0 saturated heterocycles. The van der Waals surface area contributed by atoms with Crippen LogP contribution in [0.3, 0.4) is 0 Å². The van der Waals surface area contributed by atoms with Crippen molar-refractivity contribution in [2.75, 3.05) is 5.73 Å². The van der Waals surface area contributed by atoms with Gasteiger partial charge in [-0.3, -0.25) is 10.1 Å². The molecule has 0 radical (unpaired) electrons. The summed E-state index contributed by atoms with van der Waals surface area (Å²) in [5.41, 5.74) is 7.18. The quantitative estimate of drug-likeness (QED) is 0.776. The van der Waals surface area contributed by atoms with E-state index in [2.05, 4.69) is 34.0 Å². The lowest BCUT2D eigenvalue weighted by Crippen LogP contribution is -1.92. The van der Waals surface area contributed by atoms with E-state index >= 15 is 0 Å². The van der Waals surface area contributed by atoms with Gasteiger partial charge in [0.25, 0.3) is 0 Å². The van der Waals surface area contributed by atoms with Gasteiger partial charge < -0.3 is 5.73 Å². The van der Waals surface area contributed by atoms with Crippen LogP contribution in [0.25, 0.3) is 11.4 Å².